The number of benzene rings is 3. The van der Waals surface area contributed by atoms with Crippen LogP contribution in [0.25, 0.3) is 10.9 Å². The van der Waals surface area contributed by atoms with Crippen LogP contribution in [-0.4, -0.2) is 41.4 Å². The van der Waals surface area contributed by atoms with Crippen LogP contribution >= 0.6 is 35.0 Å². The van der Waals surface area contributed by atoms with E-state index in [4.69, 9.17) is 27.9 Å². The smallest absolute Gasteiger partial charge is 0.416 e. The van der Waals surface area contributed by atoms with Crippen molar-refractivity contribution in [1.82, 2.24) is 15.0 Å². The first-order valence-electron chi connectivity index (χ1n) is 15.4. The van der Waals surface area contributed by atoms with Crippen molar-refractivity contribution in [2.75, 3.05) is 6.61 Å². The fourth-order valence-electron chi connectivity index (χ4n) is 5.81. The topological polar surface area (TPSA) is 91.2 Å². The maximum Gasteiger partial charge on any atom is 0.416 e. The van der Waals surface area contributed by atoms with Crippen LogP contribution < -0.4 is 5.56 Å². The molecule has 3 atom stereocenters. The van der Waals surface area contributed by atoms with Crippen molar-refractivity contribution in [3.63, 3.8) is 0 Å². The first-order chi connectivity index (χ1) is 22.6. The molecule has 0 aliphatic heterocycles. The van der Waals surface area contributed by atoms with Gasteiger partial charge < -0.3 is 4.74 Å². The zero-order chi connectivity index (χ0) is 34.8. The lowest BCUT2D eigenvalue weighted by Crippen LogP contribution is -2.36. The van der Waals surface area contributed by atoms with Crippen molar-refractivity contribution in [1.29, 1.82) is 0 Å². The van der Waals surface area contributed by atoms with E-state index in [0.29, 0.717) is 34.2 Å². The second-order valence-corrected chi connectivity index (χ2v) is 20.7. The number of carbonyl (C=O) groups is 2. The summed E-state index contributed by atoms with van der Waals surface area (Å²) in [6, 6.07) is 16.1. The van der Waals surface area contributed by atoms with Gasteiger partial charge in [0.15, 0.2) is 5.78 Å². The lowest BCUT2D eigenvalue weighted by molar-refractivity contribution is -0.150. The fraction of sp³-hybridized carbons (Fsp3) is 0.382. The maximum atomic E-state index is 13.9. The molecular weight excluding hydrogens is 702 g/mol. The number of aromatic nitrogens is 3. The number of rotatable bonds is 11. The van der Waals surface area contributed by atoms with Crippen LogP contribution in [0.3, 0.4) is 0 Å². The minimum Gasteiger partial charge on any atom is -0.466 e. The third kappa shape index (κ3) is 8.69. The molecule has 254 valence electrons. The molecule has 0 spiro atoms. The van der Waals surface area contributed by atoms with Gasteiger partial charge in [-0.2, -0.15) is 13.2 Å². The first-order valence-corrected chi connectivity index (χ1v) is 20.9. The van der Waals surface area contributed by atoms with Gasteiger partial charge in [0, 0.05) is 30.2 Å². The van der Waals surface area contributed by atoms with Crippen molar-refractivity contribution in [2.45, 2.75) is 61.9 Å². The number of nitrogens with zero attached hydrogens (tertiary/aromatic N) is 3. The number of carbonyl (C=O) groups excluding carboxylic acids is 2. The monoisotopic (exact) mass is 735 g/mol. The summed E-state index contributed by atoms with van der Waals surface area (Å²) in [4.78, 5) is 41.7. The molecule has 3 unspecified atom stereocenters. The molecule has 1 fully saturated rings. The van der Waals surface area contributed by atoms with Crippen LogP contribution in [0.1, 0.15) is 34.3 Å². The SMILES string of the molecule is C[Si](C)(C)CCOC(=O)C1C(Cn2nnc3ccc(C(F)(F)F)cc3c2=O)CCC1C(=O)c1ccc(SCc2ccc(Cl)c(Cl)c2)cc1. The Morgan fingerprint density at radius 1 is 1.00 bits per heavy atom. The maximum absolute atomic E-state index is 13.9. The summed E-state index contributed by atoms with van der Waals surface area (Å²) >= 11 is 13.7. The molecule has 1 aromatic heterocycles. The minimum atomic E-state index is -4.64. The number of ether oxygens (including phenoxy) is 1. The van der Waals surface area contributed by atoms with Crippen LogP contribution in [0.15, 0.2) is 70.4 Å². The van der Waals surface area contributed by atoms with Gasteiger partial charge in [-0.3, -0.25) is 14.4 Å². The lowest BCUT2D eigenvalue weighted by Gasteiger charge is -2.24. The number of hydrogen-bond donors (Lipinski definition) is 0. The highest BCUT2D eigenvalue weighted by Gasteiger charge is 2.46. The highest BCUT2D eigenvalue weighted by atomic mass is 35.5. The van der Waals surface area contributed by atoms with Crippen molar-refractivity contribution in [3.8, 4) is 0 Å². The van der Waals surface area contributed by atoms with Crippen molar-refractivity contribution < 1.29 is 27.5 Å². The Bertz CT molecular complexity index is 1880. The van der Waals surface area contributed by atoms with E-state index in [-0.39, 0.29) is 29.8 Å². The van der Waals surface area contributed by atoms with Crippen molar-refractivity contribution >= 4 is 65.7 Å². The molecule has 3 aromatic carbocycles. The van der Waals surface area contributed by atoms with Gasteiger partial charge in [0.2, 0.25) is 0 Å². The number of hydrogen-bond acceptors (Lipinski definition) is 7. The summed E-state index contributed by atoms with van der Waals surface area (Å²) < 4.78 is 46.8. The summed E-state index contributed by atoms with van der Waals surface area (Å²) in [6.45, 7) is 6.60. The Morgan fingerprint density at radius 3 is 2.40 bits per heavy atom. The first kappa shape index (κ1) is 36.1. The number of fused-ring (bicyclic) bond motifs is 1. The van der Waals surface area contributed by atoms with Crippen LogP contribution in [-0.2, 0) is 28.0 Å². The lowest BCUT2D eigenvalue weighted by atomic mass is 9.84. The fourth-order valence-corrected chi connectivity index (χ4v) is 7.69. The van der Waals surface area contributed by atoms with E-state index in [1.807, 2.05) is 24.3 Å². The molecule has 1 saturated carbocycles. The minimum absolute atomic E-state index is 0.0320. The number of thioether (sulfide) groups is 1. The second-order valence-electron chi connectivity index (χ2n) is 13.2. The summed E-state index contributed by atoms with van der Waals surface area (Å²) in [7, 11) is -1.53. The summed E-state index contributed by atoms with van der Waals surface area (Å²) in [5.74, 6) is -2.18. The number of esters is 1. The molecule has 4 aromatic rings. The van der Waals surface area contributed by atoms with Gasteiger partial charge in [-0.1, -0.05) is 66.3 Å². The Hall–Kier alpha value is -3.19. The van der Waals surface area contributed by atoms with Crippen LogP contribution in [0.4, 0.5) is 13.2 Å². The Kier molecular flexibility index (Phi) is 11.1. The van der Waals surface area contributed by atoms with E-state index < -0.39 is 49.1 Å². The summed E-state index contributed by atoms with van der Waals surface area (Å²) in [6.07, 6.45) is -3.85. The van der Waals surface area contributed by atoms with Gasteiger partial charge >= 0.3 is 12.1 Å². The molecule has 14 heteroatoms. The zero-order valence-corrected chi connectivity index (χ0v) is 29.8. The van der Waals surface area contributed by atoms with Gasteiger partial charge in [0.1, 0.15) is 5.52 Å². The highest BCUT2D eigenvalue weighted by Crippen LogP contribution is 2.41. The molecule has 1 heterocycles. The van der Waals surface area contributed by atoms with E-state index >= 15 is 0 Å². The van der Waals surface area contributed by atoms with Gasteiger partial charge in [0.25, 0.3) is 5.56 Å². The number of alkyl halides is 3. The van der Waals surface area contributed by atoms with E-state index in [1.165, 1.54) is 0 Å². The Balaban J connectivity index is 1.36. The van der Waals surface area contributed by atoms with Crippen molar-refractivity contribution in [3.05, 3.63) is 97.8 Å². The molecule has 0 saturated heterocycles. The molecule has 0 radical (unpaired) electrons. The van der Waals surface area contributed by atoms with E-state index in [9.17, 15) is 27.6 Å². The third-order valence-corrected chi connectivity index (χ3v) is 12.0. The largest absolute Gasteiger partial charge is 0.466 e. The number of ketones is 1. The molecule has 1 aliphatic carbocycles. The van der Waals surface area contributed by atoms with Crippen LogP contribution in [0.5, 0.6) is 0 Å². The van der Waals surface area contributed by atoms with Gasteiger partial charge in [-0.25, -0.2) is 4.68 Å². The molecule has 0 amide bonds. The summed E-state index contributed by atoms with van der Waals surface area (Å²) in [5, 5.41) is 8.66. The predicted molar refractivity (Wildman–Crippen MR) is 184 cm³/mol. The Labute approximate surface area is 291 Å². The average Bonchev–Trinajstić information content (AvgIpc) is 3.45. The quantitative estimate of drug-likeness (QED) is 0.0658. The molecule has 48 heavy (non-hydrogen) atoms. The van der Waals surface area contributed by atoms with Gasteiger partial charge in [-0.15, -0.1) is 16.9 Å². The Morgan fingerprint density at radius 2 is 1.73 bits per heavy atom. The highest BCUT2D eigenvalue weighted by molar-refractivity contribution is 7.98. The molecular formula is C34H34Cl2F3N3O4SSi. The van der Waals surface area contributed by atoms with Gasteiger partial charge in [0.05, 0.1) is 40.1 Å². The van der Waals surface area contributed by atoms with Crippen molar-refractivity contribution in [2.24, 2.45) is 17.8 Å². The molecule has 1 aliphatic rings. The number of Topliss-reactive ketones (excluding diaryl/α,β-unsaturated/α-hetero) is 1. The summed E-state index contributed by atoms with van der Waals surface area (Å²) in [5.41, 5.74) is -0.245. The van der Waals surface area contributed by atoms with E-state index in [1.54, 1.807) is 30.0 Å². The van der Waals surface area contributed by atoms with Crippen LogP contribution in [0.2, 0.25) is 35.7 Å². The normalized spacial score (nSPS) is 18.3. The molecule has 0 bridgehead atoms. The molecule has 0 N–H and O–H groups in total. The van der Waals surface area contributed by atoms with E-state index in [2.05, 4.69) is 30.0 Å². The van der Waals surface area contributed by atoms with Crippen LogP contribution in [0, 0.1) is 17.8 Å². The standard InChI is InChI=1S/C34H34Cl2F3N3O4SSi/c1-48(2,3)15-14-46-33(45)30-22(18-42-32(44)26-17-23(34(37,38)39)8-13-29(26)40-41-42)7-11-25(30)31(43)21-5-9-24(10-6-21)47-19-20-4-12-27(35)28(36)16-20/h4-6,8-10,12-13,16-17,22,25,30H,7,11,14-15,18-19H2,1-3H3. The molecule has 5 rings (SSSR count). The van der Waals surface area contributed by atoms with E-state index in [0.717, 1.165) is 39.4 Å². The zero-order valence-electron chi connectivity index (χ0n) is 26.5. The predicted octanol–water partition coefficient (Wildman–Crippen LogP) is 8.82. The average molecular weight is 737 g/mol. The molecule has 7 nitrogen and oxygen atoms in total. The third-order valence-electron chi connectivity index (χ3n) is 8.48. The number of halogens is 5. The second kappa shape index (κ2) is 14.7. The van der Waals surface area contributed by atoms with Gasteiger partial charge in [-0.05, 0) is 72.8 Å².